The van der Waals surface area contributed by atoms with Crippen LogP contribution in [0.15, 0.2) is 36.4 Å². The summed E-state index contributed by atoms with van der Waals surface area (Å²) in [5.41, 5.74) is 0.922. The van der Waals surface area contributed by atoms with Crippen molar-refractivity contribution in [3.8, 4) is 11.1 Å². The predicted octanol–water partition coefficient (Wildman–Crippen LogP) is 4.86. The van der Waals surface area contributed by atoms with Gasteiger partial charge in [0.25, 0.3) is 0 Å². The molecule has 1 aliphatic rings. The van der Waals surface area contributed by atoms with Gasteiger partial charge in [0.05, 0.1) is 5.69 Å². The average molecular weight is 381 g/mol. The van der Waals surface area contributed by atoms with Crippen molar-refractivity contribution in [1.82, 2.24) is 4.90 Å². The number of hydrogen-bond donors (Lipinski definition) is 1. The molecule has 4 nitrogen and oxygen atoms in total. The lowest BCUT2D eigenvalue weighted by molar-refractivity contribution is 0.198. The SMILES string of the molecule is CN1CCC[C@H]1CN(C(=O)O)c1ccc(F)cc1-c1cc(F)cc(Cl)c1. The second kappa shape index (κ2) is 7.60. The van der Waals surface area contributed by atoms with Crippen molar-refractivity contribution < 1.29 is 18.7 Å². The summed E-state index contributed by atoms with van der Waals surface area (Å²) in [4.78, 5) is 15.2. The summed E-state index contributed by atoms with van der Waals surface area (Å²) in [5, 5.41) is 9.90. The second-order valence-corrected chi connectivity index (χ2v) is 6.93. The van der Waals surface area contributed by atoms with Gasteiger partial charge in [0.2, 0.25) is 0 Å². The number of hydrogen-bond acceptors (Lipinski definition) is 2. The molecule has 0 spiro atoms. The second-order valence-electron chi connectivity index (χ2n) is 6.49. The van der Waals surface area contributed by atoms with Crippen molar-refractivity contribution in [3.63, 3.8) is 0 Å². The van der Waals surface area contributed by atoms with E-state index >= 15 is 0 Å². The number of amides is 1. The Kier molecular flexibility index (Phi) is 5.44. The summed E-state index contributed by atoms with van der Waals surface area (Å²) in [7, 11) is 1.95. The van der Waals surface area contributed by atoms with Crippen LogP contribution < -0.4 is 4.90 Å². The van der Waals surface area contributed by atoms with Crippen molar-refractivity contribution >= 4 is 23.4 Å². The van der Waals surface area contributed by atoms with Crippen LogP contribution in [0.4, 0.5) is 19.3 Å². The van der Waals surface area contributed by atoms with Gasteiger partial charge in [-0.25, -0.2) is 13.6 Å². The van der Waals surface area contributed by atoms with Crippen LogP contribution in [0.3, 0.4) is 0 Å². The number of carboxylic acid groups (broad SMARTS) is 1. The third-order valence-corrected chi connectivity index (χ3v) is 4.94. The van der Waals surface area contributed by atoms with Crippen LogP contribution in [0.2, 0.25) is 5.02 Å². The third-order valence-electron chi connectivity index (χ3n) is 4.72. The molecule has 1 amide bonds. The van der Waals surface area contributed by atoms with Gasteiger partial charge in [-0.1, -0.05) is 11.6 Å². The van der Waals surface area contributed by atoms with E-state index in [4.69, 9.17) is 11.6 Å². The predicted molar refractivity (Wildman–Crippen MR) is 97.8 cm³/mol. The van der Waals surface area contributed by atoms with E-state index in [0.717, 1.165) is 25.5 Å². The standard InChI is InChI=1S/C19H19ClF2N2O2/c1-23-6-2-3-16(23)11-24(19(25)26)18-5-4-14(21)10-17(18)12-7-13(20)9-15(22)8-12/h4-5,7-10,16H,2-3,6,11H2,1H3,(H,25,26)/t16-/m0/s1. The number of likely N-dealkylation sites (tertiary alicyclic amines) is 1. The Bertz CT molecular complexity index is 811. The quantitative estimate of drug-likeness (QED) is 0.823. The van der Waals surface area contributed by atoms with Crippen molar-refractivity contribution in [1.29, 1.82) is 0 Å². The molecule has 1 heterocycles. The summed E-state index contributed by atoms with van der Waals surface area (Å²) < 4.78 is 27.6. The fourth-order valence-corrected chi connectivity index (χ4v) is 3.61. The highest BCUT2D eigenvalue weighted by molar-refractivity contribution is 6.30. The zero-order valence-electron chi connectivity index (χ0n) is 14.3. The minimum absolute atomic E-state index is 0.0834. The van der Waals surface area contributed by atoms with Crippen LogP contribution in [0.1, 0.15) is 12.8 Å². The van der Waals surface area contributed by atoms with Gasteiger partial charge in [0.15, 0.2) is 0 Å². The molecule has 1 N–H and O–H groups in total. The van der Waals surface area contributed by atoms with Crippen molar-refractivity contribution in [2.75, 3.05) is 25.0 Å². The van der Waals surface area contributed by atoms with Crippen LogP contribution in [-0.4, -0.2) is 42.3 Å². The Morgan fingerprint density at radius 3 is 2.65 bits per heavy atom. The molecule has 0 unspecified atom stereocenters. The van der Waals surface area contributed by atoms with Gasteiger partial charge in [0, 0.05) is 23.2 Å². The first-order valence-corrected chi connectivity index (χ1v) is 8.69. The van der Waals surface area contributed by atoms with E-state index in [1.807, 2.05) is 7.05 Å². The Morgan fingerprint density at radius 2 is 2.04 bits per heavy atom. The normalized spacial score (nSPS) is 17.5. The zero-order valence-corrected chi connectivity index (χ0v) is 15.0. The van der Waals surface area contributed by atoms with E-state index in [9.17, 15) is 18.7 Å². The van der Waals surface area contributed by atoms with Crippen molar-refractivity contribution in [3.05, 3.63) is 53.1 Å². The van der Waals surface area contributed by atoms with Gasteiger partial charge in [-0.2, -0.15) is 0 Å². The van der Waals surface area contributed by atoms with E-state index in [1.165, 1.54) is 35.2 Å². The molecule has 3 rings (SSSR count). The third kappa shape index (κ3) is 3.97. The molecular formula is C19H19ClF2N2O2. The number of nitrogens with zero attached hydrogens (tertiary/aromatic N) is 2. The maximum Gasteiger partial charge on any atom is 0.411 e. The molecule has 2 aromatic rings. The summed E-state index contributed by atoms with van der Waals surface area (Å²) in [6, 6.07) is 7.75. The number of likely N-dealkylation sites (N-methyl/N-ethyl adjacent to an activating group) is 1. The molecule has 0 aliphatic carbocycles. The lowest BCUT2D eigenvalue weighted by Crippen LogP contribution is -2.41. The molecule has 0 saturated carbocycles. The zero-order chi connectivity index (χ0) is 18.8. The average Bonchev–Trinajstić information content (AvgIpc) is 2.96. The molecule has 1 aliphatic heterocycles. The minimum atomic E-state index is -1.14. The molecular weight excluding hydrogens is 362 g/mol. The molecule has 7 heteroatoms. The molecule has 1 atom stereocenters. The maximum absolute atomic E-state index is 13.9. The topological polar surface area (TPSA) is 43.8 Å². The molecule has 1 saturated heterocycles. The first-order chi connectivity index (χ1) is 12.3. The summed E-state index contributed by atoms with van der Waals surface area (Å²) >= 11 is 5.92. The Labute approximate surface area is 155 Å². The van der Waals surface area contributed by atoms with Gasteiger partial charge in [-0.3, -0.25) is 4.90 Å². The van der Waals surface area contributed by atoms with E-state index < -0.39 is 17.7 Å². The molecule has 26 heavy (non-hydrogen) atoms. The van der Waals surface area contributed by atoms with Gasteiger partial charge in [0.1, 0.15) is 11.6 Å². The van der Waals surface area contributed by atoms with Gasteiger partial charge in [-0.05, 0) is 68.4 Å². The molecule has 0 radical (unpaired) electrons. The monoisotopic (exact) mass is 380 g/mol. The molecule has 0 bridgehead atoms. The van der Waals surface area contributed by atoms with E-state index in [-0.39, 0.29) is 23.2 Å². The van der Waals surface area contributed by atoms with Gasteiger partial charge >= 0.3 is 6.09 Å². The number of anilines is 1. The first kappa shape index (κ1) is 18.6. The van der Waals surface area contributed by atoms with Gasteiger partial charge in [-0.15, -0.1) is 0 Å². The fraction of sp³-hybridized carbons (Fsp3) is 0.316. The highest BCUT2D eigenvalue weighted by Gasteiger charge is 2.28. The smallest absolute Gasteiger partial charge is 0.411 e. The minimum Gasteiger partial charge on any atom is -0.465 e. The number of halogens is 3. The van der Waals surface area contributed by atoms with Crippen molar-refractivity contribution in [2.24, 2.45) is 0 Å². The summed E-state index contributed by atoms with van der Waals surface area (Å²) in [6.07, 6.45) is 0.758. The largest absolute Gasteiger partial charge is 0.465 e. The summed E-state index contributed by atoms with van der Waals surface area (Å²) in [5.74, 6) is -1.10. The first-order valence-electron chi connectivity index (χ1n) is 8.32. The fourth-order valence-electron chi connectivity index (χ4n) is 3.38. The lowest BCUT2D eigenvalue weighted by atomic mass is 10.0. The Balaban J connectivity index is 2.05. The van der Waals surface area contributed by atoms with Gasteiger partial charge < -0.3 is 10.0 Å². The van der Waals surface area contributed by atoms with E-state index in [2.05, 4.69) is 4.90 Å². The molecule has 0 aromatic heterocycles. The van der Waals surface area contributed by atoms with Crippen LogP contribution in [0.25, 0.3) is 11.1 Å². The Hall–Kier alpha value is -2.18. The Morgan fingerprint density at radius 1 is 1.27 bits per heavy atom. The van der Waals surface area contributed by atoms with E-state index in [0.29, 0.717) is 11.3 Å². The van der Waals surface area contributed by atoms with Crippen LogP contribution in [0, 0.1) is 11.6 Å². The maximum atomic E-state index is 13.9. The van der Waals surface area contributed by atoms with Crippen LogP contribution >= 0.6 is 11.6 Å². The highest BCUT2D eigenvalue weighted by Crippen LogP contribution is 2.34. The molecule has 2 aromatic carbocycles. The summed E-state index contributed by atoms with van der Waals surface area (Å²) in [6.45, 7) is 1.17. The van der Waals surface area contributed by atoms with Crippen LogP contribution in [-0.2, 0) is 0 Å². The molecule has 138 valence electrons. The molecule has 1 fully saturated rings. The van der Waals surface area contributed by atoms with Crippen LogP contribution in [0.5, 0.6) is 0 Å². The number of benzene rings is 2. The number of carbonyl (C=O) groups is 1. The lowest BCUT2D eigenvalue weighted by Gasteiger charge is -2.28. The van der Waals surface area contributed by atoms with Crippen molar-refractivity contribution in [2.45, 2.75) is 18.9 Å². The number of rotatable bonds is 4. The highest BCUT2D eigenvalue weighted by atomic mass is 35.5. The van der Waals surface area contributed by atoms with E-state index in [1.54, 1.807) is 0 Å².